The van der Waals surface area contributed by atoms with E-state index in [4.69, 9.17) is 11.6 Å². The summed E-state index contributed by atoms with van der Waals surface area (Å²) < 4.78 is 0. The summed E-state index contributed by atoms with van der Waals surface area (Å²) in [6.07, 6.45) is 1.49. The van der Waals surface area contributed by atoms with Crippen LogP contribution in [0.5, 0.6) is 0 Å². The van der Waals surface area contributed by atoms with E-state index >= 15 is 0 Å². The predicted octanol–water partition coefficient (Wildman–Crippen LogP) is 2.82. The molecule has 3 rings (SSSR count). The Labute approximate surface area is 133 Å². The monoisotopic (exact) mass is 317 g/mol. The number of benzene rings is 1. The summed E-state index contributed by atoms with van der Waals surface area (Å²) >= 11 is 6.11. The van der Waals surface area contributed by atoms with Crippen LogP contribution >= 0.6 is 11.6 Å². The van der Waals surface area contributed by atoms with Crippen LogP contribution in [0.25, 0.3) is 0 Å². The van der Waals surface area contributed by atoms with Crippen molar-refractivity contribution in [3.63, 3.8) is 0 Å². The fourth-order valence-corrected chi connectivity index (χ4v) is 2.85. The van der Waals surface area contributed by atoms with Gasteiger partial charge in [-0.1, -0.05) is 35.9 Å². The normalized spacial score (nSPS) is 19.6. The number of aryl methyl sites for hydroxylation is 1. The number of hydrogen-bond donors (Lipinski definition) is 3. The zero-order valence-corrected chi connectivity index (χ0v) is 12.8. The molecule has 2 amide bonds. The Morgan fingerprint density at radius 3 is 2.95 bits per heavy atom. The fraction of sp³-hybridized carbons (Fsp3) is 0.250. The number of aliphatic hydroxyl groups excluding tert-OH is 1. The topological polar surface area (TPSA) is 74.2 Å². The van der Waals surface area contributed by atoms with E-state index in [0.717, 1.165) is 11.1 Å². The summed E-state index contributed by atoms with van der Waals surface area (Å²) in [4.78, 5) is 16.2. The molecule has 5 nitrogen and oxygen atoms in total. The Kier molecular flexibility index (Phi) is 4.00. The van der Waals surface area contributed by atoms with Crippen molar-refractivity contribution in [3.8, 4) is 0 Å². The molecule has 0 bridgehead atoms. The predicted molar refractivity (Wildman–Crippen MR) is 85.0 cm³/mol. The molecule has 1 heterocycles. The van der Waals surface area contributed by atoms with Gasteiger partial charge in [-0.25, -0.2) is 4.79 Å². The zero-order chi connectivity index (χ0) is 15.7. The number of carbonyl (C=O) groups excluding carboxylic acids is 1. The SMILES string of the molecule is Cc1nccc(NC(=O)N[C@@H]2c3ccccc3C[C@H]2O)c1Cl. The summed E-state index contributed by atoms with van der Waals surface area (Å²) in [6, 6.07) is 8.50. The van der Waals surface area contributed by atoms with E-state index in [0.29, 0.717) is 22.8 Å². The molecule has 0 aliphatic heterocycles. The molecule has 2 atom stereocenters. The van der Waals surface area contributed by atoms with E-state index in [1.54, 1.807) is 19.2 Å². The van der Waals surface area contributed by atoms with Crippen LogP contribution in [-0.2, 0) is 6.42 Å². The number of carbonyl (C=O) groups is 1. The Morgan fingerprint density at radius 1 is 1.36 bits per heavy atom. The van der Waals surface area contributed by atoms with Gasteiger partial charge in [0.2, 0.25) is 0 Å². The van der Waals surface area contributed by atoms with Crippen LogP contribution in [-0.4, -0.2) is 22.2 Å². The molecule has 1 aliphatic carbocycles. The average molecular weight is 318 g/mol. The third-order valence-electron chi connectivity index (χ3n) is 3.80. The lowest BCUT2D eigenvalue weighted by molar-refractivity contribution is 0.144. The van der Waals surface area contributed by atoms with Gasteiger partial charge in [-0.3, -0.25) is 4.98 Å². The smallest absolute Gasteiger partial charge is 0.319 e. The van der Waals surface area contributed by atoms with Crippen LogP contribution in [0.1, 0.15) is 22.9 Å². The van der Waals surface area contributed by atoms with E-state index in [1.165, 1.54) is 0 Å². The molecular weight excluding hydrogens is 302 g/mol. The highest BCUT2D eigenvalue weighted by atomic mass is 35.5. The van der Waals surface area contributed by atoms with Crippen molar-refractivity contribution in [2.75, 3.05) is 5.32 Å². The van der Waals surface area contributed by atoms with Gasteiger partial charge >= 0.3 is 6.03 Å². The summed E-state index contributed by atoms with van der Waals surface area (Å²) in [5.74, 6) is 0. The molecule has 0 saturated carbocycles. The molecule has 22 heavy (non-hydrogen) atoms. The molecule has 1 aromatic heterocycles. The number of nitrogens with zero attached hydrogens (tertiary/aromatic N) is 1. The number of hydrogen-bond acceptors (Lipinski definition) is 3. The number of nitrogens with one attached hydrogen (secondary N) is 2. The number of fused-ring (bicyclic) bond motifs is 1. The highest BCUT2D eigenvalue weighted by molar-refractivity contribution is 6.34. The van der Waals surface area contributed by atoms with E-state index in [1.807, 2.05) is 24.3 Å². The first kappa shape index (κ1) is 14.8. The van der Waals surface area contributed by atoms with Crippen LogP contribution in [0.3, 0.4) is 0 Å². The van der Waals surface area contributed by atoms with Gasteiger partial charge in [-0.2, -0.15) is 0 Å². The number of amides is 2. The van der Waals surface area contributed by atoms with Crippen LogP contribution in [0.2, 0.25) is 5.02 Å². The molecular formula is C16H16ClN3O2. The molecule has 3 N–H and O–H groups in total. The maximum Gasteiger partial charge on any atom is 0.319 e. The number of anilines is 1. The first-order valence-electron chi connectivity index (χ1n) is 7.00. The van der Waals surface area contributed by atoms with E-state index < -0.39 is 18.2 Å². The minimum Gasteiger partial charge on any atom is -0.390 e. The number of urea groups is 1. The molecule has 6 heteroatoms. The molecule has 0 saturated heterocycles. The lowest BCUT2D eigenvalue weighted by Gasteiger charge is -2.18. The van der Waals surface area contributed by atoms with E-state index in [9.17, 15) is 9.90 Å². The molecule has 0 fully saturated rings. The number of halogens is 1. The lowest BCUT2D eigenvalue weighted by atomic mass is 10.1. The minimum absolute atomic E-state index is 0.407. The van der Waals surface area contributed by atoms with E-state index in [2.05, 4.69) is 15.6 Å². The third-order valence-corrected chi connectivity index (χ3v) is 4.28. The second-order valence-corrected chi connectivity index (χ2v) is 5.68. The zero-order valence-electron chi connectivity index (χ0n) is 12.0. The number of aliphatic hydroxyl groups is 1. The highest BCUT2D eigenvalue weighted by Gasteiger charge is 2.31. The van der Waals surface area contributed by atoms with Crippen LogP contribution < -0.4 is 10.6 Å². The number of rotatable bonds is 2. The molecule has 0 unspecified atom stereocenters. The van der Waals surface area contributed by atoms with Crippen molar-refractivity contribution in [3.05, 3.63) is 58.4 Å². The molecule has 0 spiro atoms. The van der Waals surface area contributed by atoms with Crippen LogP contribution in [0.15, 0.2) is 36.5 Å². The van der Waals surface area contributed by atoms with Gasteiger partial charge in [0.15, 0.2) is 0 Å². The molecule has 1 aliphatic rings. The maximum atomic E-state index is 12.2. The maximum absolute atomic E-state index is 12.2. The molecule has 114 valence electrons. The second-order valence-electron chi connectivity index (χ2n) is 5.30. The van der Waals surface area contributed by atoms with Crippen molar-refractivity contribution in [1.29, 1.82) is 0 Å². The van der Waals surface area contributed by atoms with Crippen molar-refractivity contribution in [2.24, 2.45) is 0 Å². The summed E-state index contributed by atoms with van der Waals surface area (Å²) in [5, 5.41) is 16.0. The first-order valence-corrected chi connectivity index (χ1v) is 7.38. The number of aromatic nitrogens is 1. The van der Waals surface area contributed by atoms with E-state index in [-0.39, 0.29) is 0 Å². The van der Waals surface area contributed by atoms with Gasteiger partial charge in [0, 0.05) is 12.6 Å². The Balaban J connectivity index is 1.74. The Hall–Kier alpha value is -2.11. The second kappa shape index (κ2) is 5.94. The molecule has 1 aromatic carbocycles. The van der Waals surface area contributed by atoms with Gasteiger partial charge in [-0.05, 0) is 24.1 Å². The quantitative estimate of drug-likeness (QED) is 0.797. The van der Waals surface area contributed by atoms with Gasteiger partial charge in [-0.15, -0.1) is 0 Å². The Bertz CT molecular complexity index is 720. The largest absolute Gasteiger partial charge is 0.390 e. The van der Waals surface area contributed by atoms with Crippen LogP contribution in [0, 0.1) is 6.92 Å². The Morgan fingerprint density at radius 2 is 2.14 bits per heavy atom. The van der Waals surface area contributed by atoms with Gasteiger partial charge < -0.3 is 15.7 Å². The lowest BCUT2D eigenvalue weighted by Crippen LogP contribution is -2.36. The van der Waals surface area contributed by atoms with Crippen molar-refractivity contribution >= 4 is 23.3 Å². The number of pyridine rings is 1. The summed E-state index contributed by atoms with van der Waals surface area (Å²) in [6.45, 7) is 1.77. The van der Waals surface area contributed by atoms with Gasteiger partial charge in [0.05, 0.1) is 28.5 Å². The summed E-state index contributed by atoms with van der Waals surface area (Å²) in [7, 11) is 0. The standard InChI is InChI=1S/C16H16ClN3O2/c1-9-14(17)12(6-7-18-9)19-16(22)20-15-11-5-3-2-4-10(11)8-13(15)21/h2-7,13,15,21H,8H2,1H3,(H2,18,19,20,22)/t13-,15-/m1/s1. The molecule has 0 radical (unpaired) electrons. The summed E-state index contributed by atoms with van der Waals surface area (Å²) in [5.41, 5.74) is 3.14. The average Bonchev–Trinajstić information content (AvgIpc) is 2.80. The van der Waals surface area contributed by atoms with Gasteiger partial charge in [0.25, 0.3) is 0 Å². The van der Waals surface area contributed by atoms with Crippen molar-refractivity contribution in [1.82, 2.24) is 10.3 Å². The van der Waals surface area contributed by atoms with Crippen molar-refractivity contribution in [2.45, 2.75) is 25.5 Å². The molecule has 2 aromatic rings. The van der Waals surface area contributed by atoms with Crippen LogP contribution in [0.4, 0.5) is 10.5 Å². The third kappa shape index (κ3) is 2.77. The van der Waals surface area contributed by atoms with Gasteiger partial charge in [0.1, 0.15) is 0 Å². The fourth-order valence-electron chi connectivity index (χ4n) is 2.69. The highest BCUT2D eigenvalue weighted by Crippen LogP contribution is 2.31. The van der Waals surface area contributed by atoms with Crippen molar-refractivity contribution < 1.29 is 9.90 Å². The minimum atomic E-state index is -0.627. The first-order chi connectivity index (χ1) is 10.6.